The van der Waals surface area contributed by atoms with Crippen molar-refractivity contribution in [2.75, 3.05) is 29.9 Å². The molecule has 0 aliphatic carbocycles. The zero-order valence-electron chi connectivity index (χ0n) is 13.7. The summed E-state index contributed by atoms with van der Waals surface area (Å²) in [5, 5.41) is 9.27. The van der Waals surface area contributed by atoms with Gasteiger partial charge in [-0.25, -0.2) is 10.1 Å². The molecule has 3 heterocycles. The summed E-state index contributed by atoms with van der Waals surface area (Å²) in [4.78, 5) is 22.1. The first-order chi connectivity index (χ1) is 12.4. The number of carbonyl (C=O) groups is 1. The fourth-order valence-corrected chi connectivity index (χ4v) is 2.48. The van der Waals surface area contributed by atoms with Crippen molar-refractivity contribution < 1.29 is 22.7 Å². The number of alkyl halides is 3. The number of anilines is 2. The molecule has 0 radical (unpaired) electrons. The molecule has 140 valence electrons. The van der Waals surface area contributed by atoms with Crippen molar-refractivity contribution >= 4 is 17.8 Å². The van der Waals surface area contributed by atoms with Crippen LogP contribution in [-0.4, -0.2) is 51.9 Å². The molecule has 0 saturated carbocycles. The molecule has 26 heavy (non-hydrogen) atoms. The van der Waals surface area contributed by atoms with E-state index in [1.165, 1.54) is 18.6 Å². The van der Waals surface area contributed by atoms with Crippen LogP contribution in [0.1, 0.15) is 29.6 Å². The van der Waals surface area contributed by atoms with Crippen molar-refractivity contribution in [2.24, 2.45) is 0 Å². The number of ether oxygens (including phenoxy) is 1. The molecule has 0 unspecified atom stereocenters. The normalized spacial score (nSPS) is 15.0. The maximum atomic E-state index is 12.2. The molecule has 11 heteroatoms. The van der Waals surface area contributed by atoms with E-state index in [4.69, 9.17) is 0 Å². The van der Waals surface area contributed by atoms with Gasteiger partial charge in [-0.05, 0) is 25.3 Å². The van der Waals surface area contributed by atoms with E-state index in [1.807, 2.05) is 4.90 Å². The number of nitrogens with zero attached hydrogens (tertiary/aromatic N) is 4. The molecule has 0 aromatic carbocycles. The van der Waals surface area contributed by atoms with Crippen LogP contribution in [0, 0.1) is 0 Å². The second kappa shape index (κ2) is 7.58. The minimum atomic E-state index is -4.45. The number of piperidine rings is 1. The van der Waals surface area contributed by atoms with E-state index in [2.05, 4.69) is 30.2 Å². The monoisotopic (exact) mass is 370 g/mol. The number of nitrogens with one attached hydrogen (secondary N) is 2. The van der Waals surface area contributed by atoms with E-state index in [1.54, 1.807) is 0 Å². The fourth-order valence-electron chi connectivity index (χ4n) is 2.48. The van der Waals surface area contributed by atoms with Crippen molar-refractivity contribution in [3.63, 3.8) is 0 Å². The molecule has 2 N–H and O–H groups in total. The van der Waals surface area contributed by atoms with Crippen LogP contribution in [0.2, 0.25) is 0 Å². The van der Waals surface area contributed by atoms with Gasteiger partial charge in [-0.1, -0.05) is 0 Å². The highest BCUT2D eigenvalue weighted by Gasteiger charge is 2.28. The van der Waals surface area contributed by atoms with Gasteiger partial charge in [0.2, 0.25) is 17.8 Å². The Morgan fingerprint density at radius 1 is 1.27 bits per heavy atom. The number of rotatable bonds is 5. The lowest BCUT2D eigenvalue weighted by molar-refractivity contribution is -0.154. The summed E-state index contributed by atoms with van der Waals surface area (Å²) in [6.07, 6.45) is 0.00848. The molecule has 3 rings (SSSR count). The first-order valence-corrected chi connectivity index (χ1v) is 8.05. The number of hydrogen-bond acceptors (Lipinski definition) is 6. The first-order valence-electron chi connectivity index (χ1n) is 8.05. The minimum Gasteiger partial charge on any atom is -0.468 e. The van der Waals surface area contributed by atoms with Crippen molar-refractivity contribution in [2.45, 2.75) is 25.4 Å². The number of aromatic amines is 1. The van der Waals surface area contributed by atoms with Crippen molar-refractivity contribution in [3.8, 4) is 5.88 Å². The SMILES string of the molecule is O=C(Nc1nc(N2CCCCC2)n[nH]1)c1ccc(OCC(F)(F)F)nc1. The van der Waals surface area contributed by atoms with Crippen molar-refractivity contribution in [3.05, 3.63) is 23.9 Å². The highest BCUT2D eigenvalue weighted by Crippen LogP contribution is 2.18. The molecule has 2 aromatic heterocycles. The van der Waals surface area contributed by atoms with Crippen LogP contribution in [0.5, 0.6) is 5.88 Å². The molecule has 1 aliphatic rings. The first kappa shape index (κ1) is 18.0. The van der Waals surface area contributed by atoms with E-state index in [-0.39, 0.29) is 17.4 Å². The molecule has 1 aliphatic heterocycles. The van der Waals surface area contributed by atoms with Crippen LogP contribution in [0.25, 0.3) is 0 Å². The van der Waals surface area contributed by atoms with E-state index in [0.717, 1.165) is 32.1 Å². The third kappa shape index (κ3) is 4.83. The largest absolute Gasteiger partial charge is 0.468 e. The Labute approximate surface area is 146 Å². The average molecular weight is 370 g/mol. The Morgan fingerprint density at radius 2 is 2.04 bits per heavy atom. The standard InChI is InChI=1S/C15H17F3N6O2/c16-15(17,18)9-26-11-5-4-10(8-19-11)12(25)20-13-21-14(23-22-13)24-6-2-1-3-7-24/h4-5,8H,1-3,6-7,9H2,(H2,20,21,22,23,25). The topological polar surface area (TPSA) is 96.0 Å². The van der Waals surface area contributed by atoms with Crippen molar-refractivity contribution in [1.82, 2.24) is 20.2 Å². The van der Waals surface area contributed by atoms with Crippen LogP contribution in [0.4, 0.5) is 25.1 Å². The zero-order valence-corrected chi connectivity index (χ0v) is 13.7. The number of H-pyrrole nitrogens is 1. The van der Waals surface area contributed by atoms with Gasteiger partial charge < -0.3 is 9.64 Å². The molecule has 0 atom stereocenters. The van der Waals surface area contributed by atoms with Crippen molar-refractivity contribution in [1.29, 1.82) is 0 Å². The molecular formula is C15H17F3N6O2. The third-order valence-corrected chi connectivity index (χ3v) is 3.73. The molecule has 1 fully saturated rings. The van der Waals surface area contributed by atoms with Crippen LogP contribution in [-0.2, 0) is 0 Å². The van der Waals surface area contributed by atoms with Crippen LogP contribution in [0.15, 0.2) is 18.3 Å². The summed E-state index contributed by atoms with van der Waals surface area (Å²) in [5.41, 5.74) is 0.153. The maximum Gasteiger partial charge on any atom is 0.422 e. The van der Waals surface area contributed by atoms with Crippen LogP contribution >= 0.6 is 0 Å². The second-order valence-electron chi connectivity index (χ2n) is 5.77. The number of halogens is 3. The number of pyridine rings is 1. The Bertz CT molecular complexity index is 741. The van der Waals surface area contributed by atoms with Gasteiger partial charge in [0.25, 0.3) is 5.91 Å². The molecule has 1 amide bonds. The molecule has 2 aromatic rings. The Kier molecular flexibility index (Phi) is 5.24. The van der Waals surface area contributed by atoms with Gasteiger partial charge in [0.15, 0.2) is 6.61 Å². The number of aromatic nitrogens is 4. The average Bonchev–Trinajstić information content (AvgIpc) is 3.09. The molecule has 0 spiro atoms. The zero-order chi connectivity index (χ0) is 18.6. The van der Waals surface area contributed by atoms with Gasteiger partial charge in [0.05, 0.1) is 5.56 Å². The molecule has 1 saturated heterocycles. The summed E-state index contributed by atoms with van der Waals surface area (Å²) in [6.45, 7) is 0.298. The lowest BCUT2D eigenvalue weighted by atomic mass is 10.1. The summed E-state index contributed by atoms with van der Waals surface area (Å²) < 4.78 is 40.8. The lowest BCUT2D eigenvalue weighted by Gasteiger charge is -2.24. The third-order valence-electron chi connectivity index (χ3n) is 3.73. The second-order valence-corrected chi connectivity index (χ2v) is 5.77. The highest BCUT2D eigenvalue weighted by molar-refractivity contribution is 6.03. The lowest BCUT2D eigenvalue weighted by Crippen LogP contribution is -2.30. The van der Waals surface area contributed by atoms with Crippen LogP contribution in [0.3, 0.4) is 0 Å². The quantitative estimate of drug-likeness (QED) is 0.839. The molecular weight excluding hydrogens is 353 g/mol. The predicted molar refractivity (Wildman–Crippen MR) is 86.2 cm³/mol. The predicted octanol–water partition coefficient (Wildman–Crippen LogP) is 2.38. The van der Waals surface area contributed by atoms with E-state index < -0.39 is 18.7 Å². The van der Waals surface area contributed by atoms with Gasteiger partial charge in [0.1, 0.15) is 0 Å². The number of carbonyl (C=O) groups excluding carboxylic acids is 1. The Hall–Kier alpha value is -2.85. The summed E-state index contributed by atoms with van der Waals surface area (Å²) >= 11 is 0. The Balaban J connectivity index is 1.57. The molecule has 8 nitrogen and oxygen atoms in total. The van der Waals surface area contributed by atoms with Crippen LogP contribution < -0.4 is 15.0 Å². The summed E-state index contributed by atoms with van der Waals surface area (Å²) in [6, 6.07) is 2.51. The van der Waals surface area contributed by atoms with Gasteiger partial charge in [-0.15, -0.1) is 5.10 Å². The maximum absolute atomic E-state index is 12.2. The van der Waals surface area contributed by atoms with Gasteiger partial charge >= 0.3 is 6.18 Å². The summed E-state index contributed by atoms with van der Waals surface area (Å²) in [5.74, 6) is -0.0193. The van der Waals surface area contributed by atoms with Gasteiger partial charge in [0, 0.05) is 25.4 Å². The molecule has 0 bridgehead atoms. The summed E-state index contributed by atoms with van der Waals surface area (Å²) in [7, 11) is 0. The van der Waals surface area contributed by atoms with E-state index >= 15 is 0 Å². The highest BCUT2D eigenvalue weighted by atomic mass is 19.4. The van der Waals surface area contributed by atoms with E-state index in [0.29, 0.717) is 5.95 Å². The Morgan fingerprint density at radius 3 is 2.69 bits per heavy atom. The number of hydrogen-bond donors (Lipinski definition) is 2. The fraction of sp³-hybridized carbons (Fsp3) is 0.467. The number of amides is 1. The van der Waals surface area contributed by atoms with Gasteiger partial charge in [-0.3, -0.25) is 10.1 Å². The van der Waals surface area contributed by atoms with Gasteiger partial charge in [-0.2, -0.15) is 18.2 Å². The smallest absolute Gasteiger partial charge is 0.422 e. The minimum absolute atomic E-state index is 0.153. The van der Waals surface area contributed by atoms with E-state index in [9.17, 15) is 18.0 Å².